The van der Waals surface area contributed by atoms with Crippen LogP contribution in [0.1, 0.15) is 18.3 Å². The van der Waals surface area contributed by atoms with Gasteiger partial charge in [-0.1, -0.05) is 0 Å². The van der Waals surface area contributed by atoms with Gasteiger partial charge in [0.05, 0.1) is 30.2 Å². The molecule has 0 spiro atoms. The Balaban J connectivity index is 2.31. The summed E-state index contributed by atoms with van der Waals surface area (Å²) in [5, 5.41) is 10.3. The second-order valence-electron chi connectivity index (χ2n) is 4.89. The quantitative estimate of drug-likeness (QED) is 0.730. The minimum atomic E-state index is -0.596. The van der Waals surface area contributed by atoms with Crippen LogP contribution in [0, 0.1) is 6.92 Å². The second-order valence-corrected chi connectivity index (χ2v) is 4.89. The van der Waals surface area contributed by atoms with Crippen molar-refractivity contribution in [3.63, 3.8) is 0 Å². The van der Waals surface area contributed by atoms with Crippen LogP contribution in [0.4, 0.5) is 5.69 Å². The Kier molecular flexibility index (Phi) is 5.05. The molecule has 2 rings (SSSR count). The lowest BCUT2D eigenvalue weighted by atomic mass is 10.1. The first-order chi connectivity index (χ1) is 10.5. The first-order valence-electron chi connectivity index (χ1n) is 6.94. The van der Waals surface area contributed by atoms with E-state index in [1.807, 2.05) is 6.92 Å². The van der Waals surface area contributed by atoms with Crippen LogP contribution in [0.3, 0.4) is 0 Å². The summed E-state index contributed by atoms with van der Waals surface area (Å²) < 4.78 is 5.33. The number of anilines is 1. The number of carbonyl (C=O) groups excluding carboxylic acids is 2. The minimum absolute atomic E-state index is 0.109. The lowest BCUT2D eigenvalue weighted by molar-refractivity contribution is -0.126. The normalized spacial score (nSPS) is 15.5. The highest BCUT2D eigenvalue weighted by molar-refractivity contribution is 6.22. The number of hydrogen-bond acceptors (Lipinski definition) is 7. The van der Waals surface area contributed by atoms with Gasteiger partial charge in [0.1, 0.15) is 5.69 Å². The van der Waals surface area contributed by atoms with E-state index in [0.29, 0.717) is 18.9 Å². The summed E-state index contributed by atoms with van der Waals surface area (Å²) in [7, 11) is 0. The fraction of sp³-hybridized carbons (Fsp3) is 0.429. The van der Waals surface area contributed by atoms with E-state index in [4.69, 9.17) is 10.5 Å². The highest BCUT2D eigenvalue weighted by Gasteiger charge is 2.19. The molecule has 0 saturated carbocycles. The van der Waals surface area contributed by atoms with Gasteiger partial charge >= 0.3 is 0 Å². The molecule has 8 heteroatoms. The SMILES string of the molecule is CC(=O)NC(=O)/C(=C\N)c1cc(N2CCOCC2)c(C)nn1. The van der Waals surface area contributed by atoms with Gasteiger partial charge < -0.3 is 15.4 Å². The molecule has 1 saturated heterocycles. The highest BCUT2D eigenvalue weighted by Crippen LogP contribution is 2.22. The summed E-state index contributed by atoms with van der Waals surface area (Å²) in [6.07, 6.45) is 1.13. The number of carbonyl (C=O) groups is 2. The number of hydrogen-bond donors (Lipinski definition) is 2. The third kappa shape index (κ3) is 3.59. The first-order valence-corrected chi connectivity index (χ1v) is 6.94. The number of aryl methyl sites for hydroxylation is 1. The molecule has 22 heavy (non-hydrogen) atoms. The van der Waals surface area contributed by atoms with Gasteiger partial charge in [0.15, 0.2) is 0 Å². The molecule has 0 atom stereocenters. The third-order valence-corrected chi connectivity index (χ3v) is 3.28. The maximum atomic E-state index is 12.0. The molecule has 2 amide bonds. The van der Waals surface area contributed by atoms with Gasteiger partial charge in [0, 0.05) is 26.2 Å². The zero-order valence-corrected chi connectivity index (χ0v) is 12.6. The van der Waals surface area contributed by atoms with E-state index >= 15 is 0 Å². The number of nitrogens with zero attached hydrogens (tertiary/aromatic N) is 3. The Bertz CT molecular complexity index is 608. The van der Waals surface area contributed by atoms with Gasteiger partial charge in [-0.25, -0.2) is 0 Å². The van der Waals surface area contributed by atoms with Gasteiger partial charge in [0.25, 0.3) is 5.91 Å². The van der Waals surface area contributed by atoms with Crippen LogP contribution in [-0.4, -0.2) is 48.3 Å². The summed E-state index contributed by atoms with van der Waals surface area (Å²) in [6, 6.07) is 1.76. The average molecular weight is 305 g/mol. The molecule has 1 aromatic heterocycles. The Hall–Kier alpha value is -2.48. The average Bonchev–Trinajstić information content (AvgIpc) is 2.49. The molecule has 0 aromatic carbocycles. The lowest BCUT2D eigenvalue weighted by Crippen LogP contribution is -2.37. The topological polar surface area (TPSA) is 110 Å². The Morgan fingerprint density at radius 2 is 2.05 bits per heavy atom. The van der Waals surface area contributed by atoms with Crippen LogP contribution in [0.25, 0.3) is 5.57 Å². The van der Waals surface area contributed by atoms with Crippen molar-refractivity contribution in [2.24, 2.45) is 5.73 Å². The molecule has 1 fully saturated rings. The van der Waals surface area contributed by atoms with Crippen molar-refractivity contribution in [3.8, 4) is 0 Å². The van der Waals surface area contributed by atoms with Gasteiger partial charge in [-0.05, 0) is 13.0 Å². The minimum Gasteiger partial charge on any atom is -0.404 e. The van der Waals surface area contributed by atoms with Gasteiger partial charge in [0.2, 0.25) is 5.91 Å². The van der Waals surface area contributed by atoms with Crippen molar-refractivity contribution in [1.82, 2.24) is 15.5 Å². The zero-order valence-electron chi connectivity index (χ0n) is 12.6. The number of nitrogens with one attached hydrogen (secondary N) is 1. The summed E-state index contributed by atoms with van der Waals surface area (Å²) in [5.41, 5.74) is 7.58. The maximum absolute atomic E-state index is 12.0. The van der Waals surface area contributed by atoms with Crippen molar-refractivity contribution < 1.29 is 14.3 Å². The van der Waals surface area contributed by atoms with E-state index < -0.39 is 11.8 Å². The van der Waals surface area contributed by atoms with E-state index in [1.54, 1.807) is 6.07 Å². The van der Waals surface area contributed by atoms with Crippen molar-refractivity contribution in [2.45, 2.75) is 13.8 Å². The Morgan fingerprint density at radius 1 is 1.36 bits per heavy atom. The third-order valence-electron chi connectivity index (χ3n) is 3.28. The van der Waals surface area contributed by atoms with Gasteiger partial charge in [-0.3, -0.25) is 14.9 Å². The number of imide groups is 1. The van der Waals surface area contributed by atoms with E-state index in [0.717, 1.165) is 30.7 Å². The zero-order chi connectivity index (χ0) is 16.1. The van der Waals surface area contributed by atoms with E-state index in [1.165, 1.54) is 6.92 Å². The monoisotopic (exact) mass is 305 g/mol. The summed E-state index contributed by atoms with van der Waals surface area (Å²) >= 11 is 0. The number of nitrogens with two attached hydrogens (primary N) is 1. The van der Waals surface area contributed by atoms with Crippen LogP contribution >= 0.6 is 0 Å². The first kappa shape index (κ1) is 15.9. The lowest BCUT2D eigenvalue weighted by Gasteiger charge is -2.29. The number of amides is 2. The number of aromatic nitrogens is 2. The maximum Gasteiger partial charge on any atom is 0.261 e. The molecule has 3 N–H and O–H groups in total. The van der Waals surface area contributed by atoms with Gasteiger partial charge in [-0.2, -0.15) is 5.10 Å². The van der Waals surface area contributed by atoms with Crippen molar-refractivity contribution in [2.75, 3.05) is 31.2 Å². The molecule has 0 aliphatic carbocycles. The van der Waals surface area contributed by atoms with Gasteiger partial charge in [-0.15, -0.1) is 5.10 Å². The van der Waals surface area contributed by atoms with Crippen LogP contribution in [-0.2, 0) is 14.3 Å². The van der Waals surface area contributed by atoms with Crippen molar-refractivity contribution in [1.29, 1.82) is 0 Å². The molecule has 1 aliphatic rings. The highest BCUT2D eigenvalue weighted by atomic mass is 16.5. The number of ether oxygens (including phenoxy) is 1. The van der Waals surface area contributed by atoms with Crippen molar-refractivity contribution in [3.05, 3.63) is 23.7 Å². The molecular formula is C14H19N5O3. The fourth-order valence-electron chi connectivity index (χ4n) is 2.20. The van der Waals surface area contributed by atoms with E-state index in [2.05, 4.69) is 20.4 Å². The van der Waals surface area contributed by atoms with Crippen molar-refractivity contribution >= 4 is 23.1 Å². The summed E-state index contributed by atoms with van der Waals surface area (Å²) in [6.45, 7) is 5.87. The van der Waals surface area contributed by atoms with Crippen LogP contribution in [0.15, 0.2) is 12.3 Å². The molecule has 1 aliphatic heterocycles. The van der Waals surface area contributed by atoms with Crippen LogP contribution in [0.5, 0.6) is 0 Å². The molecular weight excluding hydrogens is 286 g/mol. The second kappa shape index (κ2) is 6.99. The molecule has 1 aromatic rings. The fourth-order valence-corrected chi connectivity index (χ4v) is 2.20. The molecule has 0 bridgehead atoms. The number of morpholine rings is 1. The van der Waals surface area contributed by atoms with E-state index in [-0.39, 0.29) is 5.57 Å². The summed E-state index contributed by atoms with van der Waals surface area (Å²) in [4.78, 5) is 25.1. The Morgan fingerprint density at radius 3 is 2.64 bits per heavy atom. The predicted octanol–water partition coefficient (Wildman–Crippen LogP) is -0.416. The van der Waals surface area contributed by atoms with Crippen LogP contribution < -0.4 is 16.0 Å². The molecule has 8 nitrogen and oxygen atoms in total. The predicted molar refractivity (Wildman–Crippen MR) is 80.8 cm³/mol. The standard InChI is InChI=1S/C14H19N5O3/c1-9-13(19-3-5-22-6-4-19)7-12(18-17-9)11(8-15)14(21)16-10(2)20/h7-8H,3-6,15H2,1-2H3,(H,16,20,21)/b11-8-. The molecule has 2 heterocycles. The molecule has 0 unspecified atom stereocenters. The van der Waals surface area contributed by atoms with Crippen LogP contribution in [0.2, 0.25) is 0 Å². The van der Waals surface area contributed by atoms with E-state index in [9.17, 15) is 9.59 Å². The molecule has 118 valence electrons. The Labute approximate surface area is 128 Å². The molecule has 0 radical (unpaired) electrons. The number of rotatable bonds is 3. The smallest absolute Gasteiger partial charge is 0.261 e. The largest absolute Gasteiger partial charge is 0.404 e. The summed E-state index contributed by atoms with van der Waals surface area (Å²) in [5.74, 6) is -1.06.